The number of carbonyl (C=O) groups excluding carboxylic acids is 2. The predicted molar refractivity (Wildman–Crippen MR) is 141 cm³/mol. The zero-order valence-corrected chi connectivity index (χ0v) is 19.8. The van der Waals surface area contributed by atoms with Crippen LogP contribution in [0, 0.1) is 5.82 Å². The number of rotatable bonds is 5. The van der Waals surface area contributed by atoms with Gasteiger partial charge in [-0.05, 0) is 60.3 Å². The number of nitrogens with zero attached hydrogens (tertiary/aromatic N) is 2. The third kappa shape index (κ3) is 6.51. The molecule has 1 saturated heterocycles. The molecule has 0 spiro atoms. The van der Waals surface area contributed by atoms with Crippen molar-refractivity contribution in [1.29, 1.82) is 0 Å². The lowest BCUT2D eigenvalue weighted by Crippen LogP contribution is -2.49. The van der Waals surface area contributed by atoms with Crippen LogP contribution in [0.4, 0.5) is 15.8 Å². The van der Waals surface area contributed by atoms with E-state index in [4.69, 9.17) is 12.2 Å². The fraction of sp³-hybridized carbons (Fsp3) is 0.148. The molecule has 35 heavy (non-hydrogen) atoms. The summed E-state index contributed by atoms with van der Waals surface area (Å²) in [6.45, 7) is 2.32. The molecule has 1 aliphatic heterocycles. The van der Waals surface area contributed by atoms with Crippen molar-refractivity contribution >= 4 is 46.6 Å². The van der Waals surface area contributed by atoms with Gasteiger partial charge in [-0.2, -0.15) is 0 Å². The summed E-state index contributed by atoms with van der Waals surface area (Å²) in [5.41, 5.74) is 2.79. The minimum Gasteiger partial charge on any atom is -0.368 e. The third-order valence-electron chi connectivity index (χ3n) is 5.62. The highest BCUT2D eigenvalue weighted by Gasteiger charge is 2.24. The van der Waals surface area contributed by atoms with Crippen molar-refractivity contribution in [3.05, 3.63) is 102 Å². The lowest BCUT2D eigenvalue weighted by Gasteiger charge is -2.36. The number of hydrogen-bond donors (Lipinski definition) is 2. The van der Waals surface area contributed by atoms with Crippen LogP contribution in [0.25, 0.3) is 6.08 Å². The number of halogens is 1. The van der Waals surface area contributed by atoms with E-state index in [1.165, 1.54) is 18.2 Å². The predicted octanol–water partition coefficient (Wildman–Crippen LogP) is 4.31. The van der Waals surface area contributed by atoms with Crippen molar-refractivity contribution in [3.8, 4) is 0 Å². The molecule has 0 atom stereocenters. The molecule has 2 amide bonds. The molecular formula is C27H25FN4O2S. The van der Waals surface area contributed by atoms with Gasteiger partial charge in [-0.1, -0.05) is 42.5 Å². The fourth-order valence-electron chi connectivity index (χ4n) is 3.78. The number of amides is 2. The highest BCUT2D eigenvalue weighted by Crippen LogP contribution is 2.20. The van der Waals surface area contributed by atoms with Gasteiger partial charge in [0.25, 0.3) is 5.91 Å². The van der Waals surface area contributed by atoms with E-state index in [1.807, 2.05) is 54.6 Å². The first-order valence-corrected chi connectivity index (χ1v) is 11.6. The number of nitrogens with one attached hydrogen (secondary N) is 2. The average molecular weight is 489 g/mol. The normalized spacial score (nSPS) is 13.5. The Balaban J connectivity index is 1.26. The molecule has 0 aliphatic carbocycles. The van der Waals surface area contributed by atoms with Gasteiger partial charge in [-0.15, -0.1) is 0 Å². The minimum absolute atomic E-state index is 0.106. The molecule has 1 aliphatic rings. The number of carbonyl (C=O) groups is 2. The quantitative estimate of drug-likeness (QED) is 0.414. The Morgan fingerprint density at radius 3 is 2.20 bits per heavy atom. The molecular weight excluding hydrogens is 463 g/mol. The van der Waals surface area contributed by atoms with Crippen LogP contribution in [-0.2, 0) is 4.79 Å². The van der Waals surface area contributed by atoms with Crippen LogP contribution >= 0.6 is 12.2 Å². The summed E-state index contributed by atoms with van der Waals surface area (Å²) in [4.78, 5) is 28.5. The second-order valence-electron chi connectivity index (χ2n) is 7.99. The van der Waals surface area contributed by atoms with Gasteiger partial charge in [0.1, 0.15) is 5.82 Å². The van der Waals surface area contributed by atoms with E-state index in [9.17, 15) is 14.0 Å². The van der Waals surface area contributed by atoms with Crippen molar-refractivity contribution in [1.82, 2.24) is 10.2 Å². The van der Waals surface area contributed by atoms with Gasteiger partial charge in [0.05, 0.1) is 5.56 Å². The van der Waals surface area contributed by atoms with Crippen molar-refractivity contribution in [3.63, 3.8) is 0 Å². The maximum Gasteiger partial charge on any atom is 0.256 e. The van der Waals surface area contributed by atoms with E-state index in [0.29, 0.717) is 26.2 Å². The summed E-state index contributed by atoms with van der Waals surface area (Å²) in [5.74, 6) is -1.09. The second kappa shape index (κ2) is 11.4. The van der Waals surface area contributed by atoms with Crippen LogP contribution in [0.15, 0.2) is 84.9 Å². The lowest BCUT2D eigenvalue weighted by molar-refractivity contribution is -0.115. The van der Waals surface area contributed by atoms with Gasteiger partial charge in [-0.3, -0.25) is 14.9 Å². The van der Waals surface area contributed by atoms with Gasteiger partial charge >= 0.3 is 0 Å². The molecule has 0 aromatic heterocycles. The van der Waals surface area contributed by atoms with Gasteiger partial charge in [-0.25, -0.2) is 4.39 Å². The summed E-state index contributed by atoms with van der Waals surface area (Å²) >= 11 is 5.24. The van der Waals surface area contributed by atoms with Crippen molar-refractivity contribution in [2.75, 3.05) is 36.4 Å². The first kappa shape index (κ1) is 24.1. The molecule has 4 rings (SSSR count). The average Bonchev–Trinajstić information content (AvgIpc) is 2.88. The van der Waals surface area contributed by atoms with E-state index in [1.54, 1.807) is 23.1 Å². The van der Waals surface area contributed by atoms with Crippen molar-refractivity contribution in [2.24, 2.45) is 0 Å². The Morgan fingerprint density at radius 2 is 1.51 bits per heavy atom. The number of hydrogen-bond acceptors (Lipinski definition) is 4. The molecule has 3 aromatic carbocycles. The van der Waals surface area contributed by atoms with E-state index in [-0.39, 0.29) is 22.5 Å². The van der Waals surface area contributed by atoms with Crippen LogP contribution in [0.5, 0.6) is 0 Å². The first-order valence-electron chi connectivity index (χ1n) is 11.2. The Bertz CT molecular complexity index is 1220. The number of benzene rings is 3. The summed E-state index contributed by atoms with van der Waals surface area (Å²) in [6, 6.07) is 23.3. The van der Waals surface area contributed by atoms with E-state index in [0.717, 1.165) is 16.9 Å². The highest BCUT2D eigenvalue weighted by molar-refractivity contribution is 7.80. The monoisotopic (exact) mass is 488 g/mol. The SMILES string of the molecule is O=C(/C=C/c1ccccc1)NC(=S)Nc1ccc(N2CCN(C(=O)c3ccccc3F)CC2)cc1. The molecule has 2 N–H and O–H groups in total. The number of thiocarbonyl (C=S) groups is 1. The molecule has 6 nitrogen and oxygen atoms in total. The summed E-state index contributed by atoms with van der Waals surface area (Å²) in [7, 11) is 0. The molecule has 3 aromatic rings. The lowest BCUT2D eigenvalue weighted by atomic mass is 10.1. The van der Waals surface area contributed by atoms with Crippen LogP contribution in [0.3, 0.4) is 0 Å². The minimum atomic E-state index is -0.496. The third-order valence-corrected chi connectivity index (χ3v) is 5.83. The molecule has 0 bridgehead atoms. The van der Waals surface area contributed by atoms with Gasteiger partial charge in [0.15, 0.2) is 5.11 Å². The molecule has 0 saturated carbocycles. The Labute approximate surface area is 209 Å². The van der Waals surface area contributed by atoms with Crippen LogP contribution < -0.4 is 15.5 Å². The van der Waals surface area contributed by atoms with Crippen LogP contribution in [0.1, 0.15) is 15.9 Å². The fourth-order valence-corrected chi connectivity index (χ4v) is 4.00. The Kier molecular flexibility index (Phi) is 7.84. The van der Waals surface area contributed by atoms with E-state index >= 15 is 0 Å². The Hall–Kier alpha value is -4.04. The smallest absolute Gasteiger partial charge is 0.256 e. The molecule has 0 unspecified atom stereocenters. The summed E-state index contributed by atoms with van der Waals surface area (Å²) in [6.07, 6.45) is 3.15. The van der Waals surface area contributed by atoms with Gasteiger partial charge < -0.3 is 15.1 Å². The van der Waals surface area contributed by atoms with Crippen molar-refractivity contribution in [2.45, 2.75) is 0 Å². The largest absolute Gasteiger partial charge is 0.368 e. The Morgan fingerprint density at radius 1 is 0.857 bits per heavy atom. The molecule has 178 valence electrons. The van der Waals surface area contributed by atoms with Gasteiger partial charge in [0.2, 0.25) is 5.91 Å². The number of piperazine rings is 1. The topological polar surface area (TPSA) is 64.7 Å². The maximum atomic E-state index is 13.9. The van der Waals surface area contributed by atoms with E-state index in [2.05, 4.69) is 15.5 Å². The molecule has 8 heteroatoms. The van der Waals surface area contributed by atoms with Crippen LogP contribution in [-0.4, -0.2) is 48.0 Å². The zero-order valence-electron chi connectivity index (χ0n) is 19.0. The standard InChI is InChI=1S/C27H25FN4O2S/c28-24-9-5-4-8-23(24)26(34)32-18-16-31(17-19-32)22-13-11-21(12-14-22)29-27(35)30-25(33)15-10-20-6-2-1-3-7-20/h1-15H,16-19H2,(H2,29,30,33,35)/b15-10+. The number of anilines is 2. The summed E-state index contributed by atoms with van der Waals surface area (Å²) in [5, 5.41) is 5.84. The highest BCUT2D eigenvalue weighted by atomic mass is 32.1. The zero-order chi connectivity index (χ0) is 24.6. The molecule has 0 radical (unpaired) electrons. The van der Waals surface area contributed by atoms with Crippen molar-refractivity contribution < 1.29 is 14.0 Å². The van der Waals surface area contributed by atoms with Gasteiger partial charge in [0, 0.05) is 43.6 Å². The van der Waals surface area contributed by atoms with E-state index < -0.39 is 5.82 Å². The summed E-state index contributed by atoms with van der Waals surface area (Å²) < 4.78 is 13.9. The second-order valence-corrected chi connectivity index (χ2v) is 8.40. The first-order chi connectivity index (χ1) is 17.0. The maximum absolute atomic E-state index is 13.9. The van der Waals surface area contributed by atoms with Crippen LogP contribution in [0.2, 0.25) is 0 Å². The molecule has 1 heterocycles. The molecule has 1 fully saturated rings.